The first-order chi connectivity index (χ1) is 10.1. The summed E-state index contributed by atoms with van der Waals surface area (Å²) in [4.78, 5) is 4.42. The summed E-state index contributed by atoms with van der Waals surface area (Å²) in [7, 11) is 1.84. The zero-order chi connectivity index (χ0) is 15.2. The number of hydrogen-bond acceptors (Lipinski definition) is 2. The molecule has 1 N–H and O–H groups in total. The summed E-state index contributed by atoms with van der Waals surface area (Å²) < 4.78 is 26.6. The predicted molar refractivity (Wildman–Crippen MR) is 80.2 cm³/mol. The predicted octanol–water partition coefficient (Wildman–Crippen LogP) is 3.30. The third-order valence-electron chi connectivity index (χ3n) is 3.64. The molecule has 0 bridgehead atoms. The average molecular weight is 290 g/mol. The number of benzene rings is 1. The molecule has 0 fully saturated rings. The highest BCUT2D eigenvalue weighted by Crippen LogP contribution is 2.13. The molecule has 0 saturated carbocycles. The molecule has 0 saturated heterocycles. The lowest BCUT2D eigenvalue weighted by molar-refractivity contribution is 0.521. The molecular formula is C17H20F2N2. The molecule has 0 amide bonds. The second kappa shape index (κ2) is 7.27. The Labute approximate surface area is 124 Å². The van der Waals surface area contributed by atoms with Gasteiger partial charge in [0.15, 0.2) is 0 Å². The highest BCUT2D eigenvalue weighted by Gasteiger charge is 2.12. The average Bonchev–Trinajstić information content (AvgIpc) is 2.49. The van der Waals surface area contributed by atoms with Crippen molar-refractivity contribution in [3.63, 3.8) is 0 Å². The van der Waals surface area contributed by atoms with Crippen LogP contribution in [0.3, 0.4) is 0 Å². The van der Waals surface area contributed by atoms with Crippen LogP contribution in [0.4, 0.5) is 8.78 Å². The van der Waals surface area contributed by atoms with Gasteiger partial charge in [-0.05, 0) is 43.1 Å². The maximum Gasteiger partial charge on any atom is 0.129 e. The lowest BCUT2D eigenvalue weighted by Gasteiger charge is -2.16. The van der Waals surface area contributed by atoms with Crippen molar-refractivity contribution in [2.75, 3.05) is 7.05 Å². The number of halogens is 2. The summed E-state index contributed by atoms with van der Waals surface area (Å²) in [6, 6.07) is 7.85. The van der Waals surface area contributed by atoms with E-state index in [0.29, 0.717) is 18.4 Å². The molecule has 2 nitrogen and oxygen atoms in total. The molecule has 112 valence electrons. The standard InChI is InChI=1S/C17H20F2N2/c1-3-12-4-7-15(21-11-12)10-16(20-2)8-13-5-6-14(18)9-17(13)19/h4-7,9,11,16,20H,3,8,10H2,1-2H3. The second-order valence-electron chi connectivity index (χ2n) is 5.14. The molecule has 2 aromatic rings. The van der Waals surface area contributed by atoms with E-state index in [1.807, 2.05) is 19.3 Å². The molecule has 0 aliphatic carbocycles. The van der Waals surface area contributed by atoms with Crippen LogP contribution in [0.15, 0.2) is 36.5 Å². The lowest BCUT2D eigenvalue weighted by Crippen LogP contribution is -2.30. The number of aryl methyl sites for hydroxylation is 1. The Balaban J connectivity index is 2.05. The smallest absolute Gasteiger partial charge is 0.129 e. The zero-order valence-corrected chi connectivity index (χ0v) is 12.4. The van der Waals surface area contributed by atoms with E-state index in [1.165, 1.54) is 17.7 Å². The highest BCUT2D eigenvalue weighted by atomic mass is 19.1. The van der Waals surface area contributed by atoms with E-state index in [-0.39, 0.29) is 6.04 Å². The largest absolute Gasteiger partial charge is 0.316 e. The van der Waals surface area contributed by atoms with E-state index in [0.717, 1.165) is 18.2 Å². The van der Waals surface area contributed by atoms with Gasteiger partial charge in [-0.2, -0.15) is 0 Å². The van der Waals surface area contributed by atoms with E-state index in [2.05, 4.69) is 23.3 Å². The van der Waals surface area contributed by atoms with Gasteiger partial charge in [0.1, 0.15) is 11.6 Å². The fourth-order valence-electron chi connectivity index (χ4n) is 2.27. The highest BCUT2D eigenvalue weighted by molar-refractivity contribution is 5.21. The van der Waals surface area contributed by atoms with Gasteiger partial charge in [-0.1, -0.05) is 19.1 Å². The van der Waals surface area contributed by atoms with Gasteiger partial charge in [-0.25, -0.2) is 8.78 Å². The lowest BCUT2D eigenvalue weighted by atomic mass is 10.0. The Morgan fingerprint density at radius 3 is 2.52 bits per heavy atom. The molecule has 4 heteroatoms. The van der Waals surface area contributed by atoms with Crippen molar-refractivity contribution in [3.05, 3.63) is 65.0 Å². The quantitative estimate of drug-likeness (QED) is 0.883. The number of rotatable bonds is 6. The van der Waals surface area contributed by atoms with Crippen molar-refractivity contribution in [3.8, 4) is 0 Å². The molecule has 1 aromatic carbocycles. The van der Waals surface area contributed by atoms with E-state index < -0.39 is 11.6 Å². The van der Waals surface area contributed by atoms with Gasteiger partial charge in [-0.3, -0.25) is 4.98 Å². The fourth-order valence-corrected chi connectivity index (χ4v) is 2.27. The summed E-state index contributed by atoms with van der Waals surface area (Å²) in [6.07, 6.45) is 4.04. The van der Waals surface area contributed by atoms with Gasteiger partial charge in [0.25, 0.3) is 0 Å². The Hall–Kier alpha value is -1.81. The summed E-state index contributed by atoms with van der Waals surface area (Å²) in [5, 5.41) is 3.17. The molecule has 0 radical (unpaired) electrons. The number of aromatic nitrogens is 1. The maximum absolute atomic E-state index is 13.7. The summed E-state index contributed by atoms with van der Waals surface area (Å²) in [5.41, 5.74) is 2.68. The van der Waals surface area contributed by atoms with Gasteiger partial charge >= 0.3 is 0 Å². The van der Waals surface area contributed by atoms with Gasteiger partial charge in [0, 0.05) is 30.4 Å². The van der Waals surface area contributed by atoms with Crippen LogP contribution in [-0.4, -0.2) is 18.1 Å². The third-order valence-corrected chi connectivity index (χ3v) is 3.64. The van der Waals surface area contributed by atoms with Crippen molar-refractivity contribution in [2.45, 2.75) is 32.2 Å². The van der Waals surface area contributed by atoms with Crippen LogP contribution < -0.4 is 5.32 Å². The van der Waals surface area contributed by atoms with Crippen LogP contribution >= 0.6 is 0 Å². The van der Waals surface area contributed by atoms with Crippen LogP contribution in [0.2, 0.25) is 0 Å². The molecular weight excluding hydrogens is 270 g/mol. The maximum atomic E-state index is 13.7. The normalized spacial score (nSPS) is 12.4. The summed E-state index contributed by atoms with van der Waals surface area (Å²) in [6.45, 7) is 2.09. The van der Waals surface area contributed by atoms with Gasteiger partial charge in [0.05, 0.1) is 0 Å². The van der Waals surface area contributed by atoms with Crippen molar-refractivity contribution in [1.29, 1.82) is 0 Å². The molecule has 1 unspecified atom stereocenters. The first-order valence-corrected chi connectivity index (χ1v) is 7.17. The molecule has 1 atom stereocenters. The van der Waals surface area contributed by atoms with Crippen LogP contribution in [0.5, 0.6) is 0 Å². The molecule has 0 aliphatic rings. The Morgan fingerprint density at radius 2 is 1.95 bits per heavy atom. The zero-order valence-electron chi connectivity index (χ0n) is 12.4. The van der Waals surface area contributed by atoms with E-state index in [1.54, 1.807) is 0 Å². The number of likely N-dealkylation sites (N-methyl/N-ethyl adjacent to an activating group) is 1. The number of nitrogens with one attached hydrogen (secondary N) is 1. The minimum Gasteiger partial charge on any atom is -0.316 e. The Bertz CT molecular complexity index is 582. The summed E-state index contributed by atoms with van der Waals surface area (Å²) >= 11 is 0. The second-order valence-corrected chi connectivity index (χ2v) is 5.14. The van der Waals surface area contributed by atoms with E-state index in [9.17, 15) is 8.78 Å². The molecule has 0 spiro atoms. The summed E-state index contributed by atoms with van der Waals surface area (Å²) in [5.74, 6) is -1.04. The first-order valence-electron chi connectivity index (χ1n) is 7.17. The molecule has 0 aliphatic heterocycles. The van der Waals surface area contributed by atoms with Crippen LogP contribution in [0.1, 0.15) is 23.7 Å². The van der Waals surface area contributed by atoms with Gasteiger partial charge < -0.3 is 5.32 Å². The minimum atomic E-state index is -0.547. The van der Waals surface area contributed by atoms with Crippen molar-refractivity contribution in [2.24, 2.45) is 0 Å². The minimum absolute atomic E-state index is 0.0601. The number of hydrogen-bond donors (Lipinski definition) is 1. The van der Waals surface area contributed by atoms with Gasteiger partial charge in [-0.15, -0.1) is 0 Å². The van der Waals surface area contributed by atoms with Crippen LogP contribution in [-0.2, 0) is 19.3 Å². The number of pyridine rings is 1. The fraction of sp³-hybridized carbons (Fsp3) is 0.353. The van der Waals surface area contributed by atoms with Crippen molar-refractivity contribution >= 4 is 0 Å². The van der Waals surface area contributed by atoms with E-state index in [4.69, 9.17) is 0 Å². The van der Waals surface area contributed by atoms with E-state index >= 15 is 0 Å². The molecule has 2 rings (SSSR count). The van der Waals surface area contributed by atoms with Crippen molar-refractivity contribution in [1.82, 2.24) is 10.3 Å². The van der Waals surface area contributed by atoms with Gasteiger partial charge in [0.2, 0.25) is 0 Å². The first kappa shape index (κ1) is 15.6. The Morgan fingerprint density at radius 1 is 1.14 bits per heavy atom. The topological polar surface area (TPSA) is 24.9 Å². The van der Waals surface area contributed by atoms with Crippen LogP contribution in [0.25, 0.3) is 0 Å². The monoisotopic (exact) mass is 290 g/mol. The molecule has 1 aromatic heterocycles. The molecule has 1 heterocycles. The Kier molecular flexibility index (Phi) is 5.39. The van der Waals surface area contributed by atoms with Crippen molar-refractivity contribution < 1.29 is 8.78 Å². The SMILES string of the molecule is CCc1ccc(CC(Cc2ccc(F)cc2F)NC)nc1. The third kappa shape index (κ3) is 4.33. The molecule has 21 heavy (non-hydrogen) atoms. The number of nitrogens with zero attached hydrogens (tertiary/aromatic N) is 1. The van der Waals surface area contributed by atoms with Crippen LogP contribution in [0, 0.1) is 11.6 Å².